The van der Waals surface area contributed by atoms with Gasteiger partial charge in [0.1, 0.15) is 4.90 Å². The number of sulfonamides is 1. The average molecular weight is 627 g/mol. The van der Waals surface area contributed by atoms with Crippen LogP contribution in [0.15, 0.2) is 65.7 Å². The zero-order valence-corrected chi connectivity index (χ0v) is 25.5. The summed E-state index contributed by atoms with van der Waals surface area (Å²) < 4.78 is 35.8. The Morgan fingerprint density at radius 1 is 1.00 bits per heavy atom. The number of hydrogen-bond acceptors (Lipinski definition) is 4. The molecule has 1 aromatic heterocycles. The lowest BCUT2D eigenvalue weighted by atomic mass is 9.94. The largest absolute Gasteiger partial charge is 0.383 e. The molecule has 40 heavy (non-hydrogen) atoms. The number of rotatable bonds is 12. The van der Waals surface area contributed by atoms with Crippen molar-refractivity contribution in [2.45, 2.75) is 56.1 Å². The molecule has 1 aliphatic rings. The average Bonchev–Trinajstić information content (AvgIpc) is 3.38. The number of ether oxygens (including phenoxy) is 1. The van der Waals surface area contributed by atoms with Crippen molar-refractivity contribution in [3.63, 3.8) is 0 Å². The lowest BCUT2D eigenvalue weighted by molar-refractivity contribution is -0.135. The van der Waals surface area contributed by atoms with E-state index in [1.165, 1.54) is 25.3 Å². The highest BCUT2D eigenvalue weighted by Gasteiger charge is 2.33. The number of aromatic nitrogens is 1. The molecule has 0 bridgehead atoms. The minimum Gasteiger partial charge on any atom is -0.383 e. The van der Waals surface area contributed by atoms with E-state index >= 15 is 0 Å². The molecule has 1 aliphatic carbocycles. The van der Waals surface area contributed by atoms with Crippen molar-refractivity contribution in [2.75, 3.05) is 26.8 Å². The summed E-state index contributed by atoms with van der Waals surface area (Å²) in [6, 6.07) is 15.9. The van der Waals surface area contributed by atoms with E-state index in [0.29, 0.717) is 18.1 Å². The topological polar surface area (TPSA) is 71.8 Å². The molecule has 7 nitrogen and oxygen atoms in total. The Hall–Kier alpha value is -2.07. The van der Waals surface area contributed by atoms with Crippen LogP contribution in [0.3, 0.4) is 0 Å². The Kier molecular flexibility index (Phi) is 11.0. The van der Waals surface area contributed by atoms with Gasteiger partial charge in [0.15, 0.2) is 0 Å². The first-order chi connectivity index (χ1) is 19.2. The molecule has 4 rings (SSSR count). The van der Waals surface area contributed by atoms with Gasteiger partial charge in [0, 0.05) is 48.2 Å². The van der Waals surface area contributed by atoms with Crippen LogP contribution in [0.1, 0.15) is 43.4 Å². The summed E-state index contributed by atoms with van der Waals surface area (Å²) >= 11 is 18.8. The van der Waals surface area contributed by atoms with E-state index in [9.17, 15) is 13.2 Å². The summed E-state index contributed by atoms with van der Waals surface area (Å²) in [5, 5.41) is 0.964. The third-order valence-electron chi connectivity index (χ3n) is 7.26. The standard InChI is InChI=1S/C29H34Cl3N3O4S/c1-39-17-16-34(40(37,38)28-18-23(30)13-14-27(28)32)21-29(36)35(24-9-3-2-4-10-24)20-25-11-7-15-33(25)19-22-8-5-6-12-26(22)31/h5-8,11-15,18,24H,2-4,9-10,16-17,19-21H2,1H3. The molecule has 0 unspecified atom stereocenters. The minimum atomic E-state index is -4.13. The van der Waals surface area contributed by atoms with Gasteiger partial charge in [-0.2, -0.15) is 4.31 Å². The van der Waals surface area contributed by atoms with Gasteiger partial charge in [-0.05, 0) is 54.8 Å². The van der Waals surface area contributed by atoms with Crippen LogP contribution in [-0.2, 0) is 32.6 Å². The monoisotopic (exact) mass is 625 g/mol. The number of carbonyl (C=O) groups excluding carboxylic acids is 1. The molecule has 2 aromatic carbocycles. The number of halogens is 3. The minimum absolute atomic E-state index is 0.00515. The lowest BCUT2D eigenvalue weighted by Crippen LogP contribution is -2.48. The summed E-state index contributed by atoms with van der Waals surface area (Å²) in [6.07, 6.45) is 6.91. The summed E-state index contributed by atoms with van der Waals surface area (Å²) in [6.45, 7) is 0.702. The lowest BCUT2D eigenvalue weighted by Gasteiger charge is -2.36. The zero-order valence-electron chi connectivity index (χ0n) is 22.4. The van der Waals surface area contributed by atoms with E-state index in [0.717, 1.165) is 47.7 Å². The maximum absolute atomic E-state index is 14.0. The Morgan fingerprint density at radius 2 is 1.75 bits per heavy atom. The Bertz CT molecular complexity index is 1410. The highest BCUT2D eigenvalue weighted by atomic mass is 35.5. The van der Waals surface area contributed by atoms with Crippen LogP contribution in [0.5, 0.6) is 0 Å². The van der Waals surface area contributed by atoms with Gasteiger partial charge in [0.25, 0.3) is 0 Å². The molecule has 1 fully saturated rings. The Labute approximate surface area is 251 Å². The molecule has 11 heteroatoms. The molecule has 0 atom stereocenters. The quantitative estimate of drug-likeness (QED) is 0.230. The Balaban J connectivity index is 1.61. The van der Waals surface area contributed by atoms with E-state index in [4.69, 9.17) is 39.5 Å². The molecule has 1 heterocycles. The van der Waals surface area contributed by atoms with Crippen molar-refractivity contribution in [2.24, 2.45) is 0 Å². The molecule has 0 saturated heterocycles. The fourth-order valence-electron chi connectivity index (χ4n) is 5.08. The summed E-state index contributed by atoms with van der Waals surface area (Å²) in [4.78, 5) is 15.7. The summed E-state index contributed by atoms with van der Waals surface area (Å²) in [5.41, 5.74) is 1.93. The maximum Gasteiger partial charge on any atom is 0.245 e. The van der Waals surface area contributed by atoms with Gasteiger partial charge in [-0.15, -0.1) is 0 Å². The van der Waals surface area contributed by atoms with Crippen LogP contribution in [0.25, 0.3) is 0 Å². The first-order valence-electron chi connectivity index (χ1n) is 13.3. The third-order valence-corrected chi connectivity index (χ3v) is 10.2. The molecule has 216 valence electrons. The summed E-state index contributed by atoms with van der Waals surface area (Å²) in [7, 11) is -2.65. The highest BCUT2D eigenvalue weighted by Crippen LogP contribution is 2.29. The third kappa shape index (κ3) is 7.60. The van der Waals surface area contributed by atoms with Gasteiger partial charge in [-0.1, -0.05) is 72.3 Å². The highest BCUT2D eigenvalue weighted by molar-refractivity contribution is 7.89. The smallest absolute Gasteiger partial charge is 0.245 e. The van der Waals surface area contributed by atoms with Gasteiger partial charge in [0.2, 0.25) is 15.9 Å². The molecular formula is C29H34Cl3N3O4S. The van der Waals surface area contributed by atoms with E-state index in [2.05, 4.69) is 4.57 Å². The normalized spacial score (nSPS) is 14.5. The van der Waals surface area contributed by atoms with E-state index in [1.807, 2.05) is 47.5 Å². The number of hydrogen-bond donors (Lipinski definition) is 0. The van der Waals surface area contributed by atoms with Crippen LogP contribution in [0.2, 0.25) is 15.1 Å². The second-order valence-corrected chi connectivity index (χ2v) is 13.1. The number of nitrogens with zero attached hydrogens (tertiary/aromatic N) is 3. The predicted octanol–water partition coefficient (Wildman–Crippen LogP) is 6.50. The molecule has 0 radical (unpaired) electrons. The number of amides is 1. The number of methoxy groups -OCH3 is 1. The molecule has 1 amide bonds. The molecule has 1 saturated carbocycles. The van der Waals surface area contributed by atoms with Crippen LogP contribution >= 0.6 is 34.8 Å². The first kappa shape index (κ1) is 30.9. The van der Waals surface area contributed by atoms with Crippen LogP contribution in [0.4, 0.5) is 0 Å². The fourth-order valence-corrected chi connectivity index (χ4v) is 7.38. The van der Waals surface area contributed by atoms with Crippen molar-refractivity contribution in [1.29, 1.82) is 0 Å². The van der Waals surface area contributed by atoms with Crippen molar-refractivity contribution >= 4 is 50.7 Å². The molecule has 0 aliphatic heterocycles. The van der Waals surface area contributed by atoms with Crippen molar-refractivity contribution in [1.82, 2.24) is 13.8 Å². The van der Waals surface area contributed by atoms with E-state index < -0.39 is 10.0 Å². The molecule has 0 spiro atoms. The second kappa shape index (κ2) is 14.2. The zero-order chi connectivity index (χ0) is 28.7. The van der Waals surface area contributed by atoms with Crippen LogP contribution in [-0.4, -0.2) is 60.9 Å². The van der Waals surface area contributed by atoms with Crippen LogP contribution < -0.4 is 0 Å². The van der Waals surface area contributed by atoms with Crippen LogP contribution in [0, 0.1) is 0 Å². The van der Waals surface area contributed by atoms with Gasteiger partial charge >= 0.3 is 0 Å². The van der Waals surface area contributed by atoms with Gasteiger partial charge in [-0.3, -0.25) is 4.79 Å². The molecular weight excluding hydrogens is 593 g/mol. The SMILES string of the molecule is COCCN(CC(=O)N(Cc1cccn1Cc1ccccc1Cl)C1CCCCC1)S(=O)(=O)c1cc(Cl)ccc1Cl. The van der Waals surface area contributed by atoms with Gasteiger partial charge < -0.3 is 14.2 Å². The second-order valence-electron chi connectivity index (χ2n) is 9.94. The first-order valence-corrected chi connectivity index (χ1v) is 15.9. The van der Waals surface area contributed by atoms with Gasteiger partial charge in [-0.25, -0.2) is 8.42 Å². The van der Waals surface area contributed by atoms with Crippen molar-refractivity contribution in [3.8, 4) is 0 Å². The summed E-state index contributed by atoms with van der Waals surface area (Å²) in [5.74, 6) is -0.268. The molecule has 0 N–H and O–H groups in total. The fraction of sp³-hybridized carbons (Fsp3) is 0.414. The maximum atomic E-state index is 14.0. The van der Waals surface area contributed by atoms with E-state index in [-0.39, 0.29) is 46.6 Å². The van der Waals surface area contributed by atoms with Gasteiger partial charge in [0.05, 0.1) is 24.7 Å². The van der Waals surface area contributed by atoms with Crippen molar-refractivity contribution < 1.29 is 17.9 Å². The van der Waals surface area contributed by atoms with Crippen molar-refractivity contribution in [3.05, 3.63) is 87.1 Å². The molecule has 3 aromatic rings. The number of benzene rings is 2. The number of carbonyl (C=O) groups is 1. The Morgan fingerprint density at radius 3 is 2.48 bits per heavy atom. The predicted molar refractivity (Wildman–Crippen MR) is 160 cm³/mol. The van der Waals surface area contributed by atoms with E-state index in [1.54, 1.807) is 0 Å².